The van der Waals surface area contributed by atoms with Crippen LogP contribution in [-0.4, -0.2) is 27.3 Å². The van der Waals surface area contributed by atoms with E-state index in [0.29, 0.717) is 11.6 Å². The Hall–Kier alpha value is -2.02. The zero-order chi connectivity index (χ0) is 16.1. The lowest BCUT2D eigenvalue weighted by atomic mass is 10.00. The van der Waals surface area contributed by atoms with Crippen molar-refractivity contribution < 1.29 is 14.3 Å². The van der Waals surface area contributed by atoms with Gasteiger partial charge in [0.15, 0.2) is 0 Å². The molecule has 0 saturated carbocycles. The molecule has 0 fully saturated rings. The zero-order valence-corrected chi connectivity index (χ0v) is 13.2. The van der Waals surface area contributed by atoms with Crippen molar-refractivity contribution in [3.8, 4) is 0 Å². The van der Waals surface area contributed by atoms with Gasteiger partial charge in [-0.1, -0.05) is 43.7 Å². The molecule has 1 heterocycles. The standard InChI is InChI=1S/C15H18FN3O2S/c1-3-9(2)13(14(20)21)17-15-19-18-12(22-15)8-10-4-6-11(16)7-5-10/h4-7,9,13H,3,8H2,1-2H3,(H,17,19)(H,20,21)/t9-,13-/m0/s1. The monoisotopic (exact) mass is 323 g/mol. The summed E-state index contributed by atoms with van der Waals surface area (Å²) < 4.78 is 12.9. The number of aromatic nitrogens is 2. The zero-order valence-electron chi connectivity index (χ0n) is 12.4. The molecule has 7 heteroatoms. The molecule has 0 unspecified atom stereocenters. The van der Waals surface area contributed by atoms with Crippen molar-refractivity contribution in [1.82, 2.24) is 10.2 Å². The maximum Gasteiger partial charge on any atom is 0.326 e. The number of aliphatic carboxylic acids is 1. The fourth-order valence-corrected chi connectivity index (χ4v) is 2.79. The van der Waals surface area contributed by atoms with Gasteiger partial charge in [0.05, 0.1) is 0 Å². The number of benzene rings is 1. The molecule has 0 aliphatic rings. The molecule has 0 aliphatic carbocycles. The molecule has 1 aromatic heterocycles. The van der Waals surface area contributed by atoms with E-state index in [1.165, 1.54) is 23.5 Å². The Morgan fingerprint density at radius 2 is 2.05 bits per heavy atom. The summed E-state index contributed by atoms with van der Waals surface area (Å²) in [4.78, 5) is 11.3. The van der Waals surface area contributed by atoms with Crippen LogP contribution in [0.1, 0.15) is 30.8 Å². The fraction of sp³-hybridized carbons (Fsp3) is 0.400. The van der Waals surface area contributed by atoms with Crippen LogP contribution in [0, 0.1) is 11.7 Å². The summed E-state index contributed by atoms with van der Waals surface area (Å²) in [5, 5.41) is 21.5. The van der Waals surface area contributed by atoms with Crippen LogP contribution in [0.3, 0.4) is 0 Å². The molecule has 2 rings (SSSR count). The van der Waals surface area contributed by atoms with Gasteiger partial charge in [-0.2, -0.15) is 0 Å². The highest BCUT2D eigenvalue weighted by molar-refractivity contribution is 7.15. The minimum Gasteiger partial charge on any atom is -0.480 e. The second-order valence-electron chi connectivity index (χ2n) is 5.15. The molecule has 0 aliphatic heterocycles. The van der Waals surface area contributed by atoms with E-state index in [0.717, 1.165) is 17.0 Å². The van der Waals surface area contributed by atoms with Crippen LogP contribution in [0.2, 0.25) is 0 Å². The molecule has 0 bridgehead atoms. The van der Waals surface area contributed by atoms with E-state index >= 15 is 0 Å². The normalized spacial score (nSPS) is 13.6. The van der Waals surface area contributed by atoms with Crippen molar-refractivity contribution in [2.24, 2.45) is 5.92 Å². The number of nitrogens with zero attached hydrogens (tertiary/aromatic N) is 2. The molecule has 22 heavy (non-hydrogen) atoms. The summed E-state index contributed by atoms with van der Waals surface area (Å²) >= 11 is 1.32. The Kier molecular flexibility index (Phi) is 5.43. The first kappa shape index (κ1) is 16.4. The van der Waals surface area contributed by atoms with Crippen molar-refractivity contribution in [2.75, 3.05) is 5.32 Å². The quantitative estimate of drug-likeness (QED) is 0.818. The molecule has 2 atom stereocenters. The average Bonchev–Trinajstić information content (AvgIpc) is 2.93. The number of hydrogen-bond acceptors (Lipinski definition) is 5. The maximum absolute atomic E-state index is 12.9. The first-order chi connectivity index (χ1) is 10.5. The predicted octanol–water partition coefficient (Wildman–Crippen LogP) is 3.18. The molecular formula is C15H18FN3O2S. The van der Waals surface area contributed by atoms with Crippen LogP contribution < -0.4 is 5.32 Å². The number of anilines is 1. The summed E-state index contributed by atoms with van der Waals surface area (Å²) in [6.45, 7) is 3.83. The number of carboxylic acids is 1. The third kappa shape index (κ3) is 4.24. The Labute approximate surface area is 132 Å². The second-order valence-corrected chi connectivity index (χ2v) is 6.21. The molecule has 0 amide bonds. The average molecular weight is 323 g/mol. The van der Waals surface area contributed by atoms with Crippen LogP contribution in [-0.2, 0) is 11.2 Å². The van der Waals surface area contributed by atoms with Gasteiger partial charge in [-0.25, -0.2) is 9.18 Å². The number of carboxylic acid groups (broad SMARTS) is 1. The minimum atomic E-state index is -0.898. The first-order valence-electron chi connectivity index (χ1n) is 7.05. The molecule has 0 radical (unpaired) electrons. The molecule has 1 aromatic carbocycles. The van der Waals surface area contributed by atoms with Crippen LogP contribution >= 0.6 is 11.3 Å². The molecular weight excluding hydrogens is 305 g/mol. The number of rotatable bonds is 7. The topological polar surface area (TPSA) is 75.1 Å². The molecule has 0 saturated heterocycles. The Balaban J connectivity index is 2.04. The lowest BCUT2D eigenvalue weighted by Gasteiger charge is -2.18. The predicted molar refractivity (Wildman–Crippen MR) is 83.6 cm³/mol. The van der Waals surface area contributed by atoms with Gasteiger partial charge in [0.1, 0.15) is 16.9 Å². The molecule has 118 valence electrons. The number of hydrogen-bond donors (Lipinski definition) is 2. The van der Waals surface area contributed by atoms with Crippen molar-refractivity contribution >= 4 is 22.4 Å². The number of carbonyl (C=O) groups is 1. The molecule has 2 aromatic rings. The highest BCUT2D eigenvalue weighted by Crippen LogP contribution is 2.21. The van der Waals surface area contributed by atoms with E-state index in [1.54, 1.807) is 12.1 Å². The highest BCUT2D eigenvalue weighted by Gasteiger charge is 2.24. The fourth-order valence-electron chi connectivity index (χ4n) is 1.98. The largest absolute Gasteiger partial charge is 0.480 e. The van der Waals surface area contributed by atoms with Crippen molar-refractivity contribution in [1.29, 1.82) is 0 Å². The van der Waals surface area contributed by atoms with Crippen molar-refractivity contribution in [3.63, 3.8) is 0 Å². The van der Waals surface area contributed by atoms with Gasteiger partial charge in [0, 0.05) is 6.42 Å². The summed E-state index contributed by atoms with van der Waals surface area (Å²) in [5.74, 6) is -1.19. The maximum atomic E-state index is 12.9. The Morgan fingerprint density at radius 3 is 2.64 bits per heavy atom. The summed E-state index contributed by atoms with van der Waals surface area (Å²) in [5.41, 5.74) is 0.931. The van der Waals surface area contributed by atoms with Gasteiger partial charge in [0.25, 0.3) is 0 Å². The van der Waals surface area contributed by atoms with E-state index < -0.39 is 12.0 Å². The lowest BCUT2D eigenvalue weighted by Crippen LogP contribution is -2.35. The number of halogens is 1. The summed E-state index contributed by atoms with van der Waals surface area (Å²) in [6, 6.07) is 5.51. The van der Waals surface area contributed by atoms with Gasteiger partial charge in [-0.15, -0.1) is 10.2 Å². The minimum absolute atomic E-state index is 0.0121. The van der Waals surface area contributed by atoms with Gasteiger partial charge >= 0.3 is 5.97 Å². The van der Waals surface area contributed by atoms with E-state index in [9.17, 15) is 14.3 Å². The van der Waals surface area contributed by atoms with E-state index in [-0.39, 0.29) is 11.7 Å². The third-order valence-corrected chi connectivity index (χ3v) is 4.35. The van der Waals surface area contributed by atoms with Crippen LogP contribution in [0.15, 0.2) is 24.3 Å². The Morgan fingerprint density at radius 1 is 1.36 bits per heavy atom. The van der Waals surface area contributed by atoms with Crippen molar-refractivity contribution in [3.05, 3.63) is 40.7 Å². The van der Waals surface area contributed by atoms with Crippen molar-refractivity contribution in [2.45, 2.75) is 32.7 Å². The highest BCUT2D eigenvalue weighted by atomic mass is 32.1. The smallest absolute Gasteiger partial charge is 0.326 e. The molecule has 5 nitrogen and oxygen atoms in total. The molecule has 0 spiro atoms. The van der Waals surface area contributed by atoms with Gasteiger partial charge in [-0.3, -0.25) is 0 Å². The van der Waals surface area contributed by atoms with Crippen LogP contribution in [0.4, 0.5) is 9.52 Å². The van der Waals surface area contributed by atoms with Gasteiger partial charge < -0.3 is 10.4 Å². The first-order valence-corrected chi connectivity index (χ1v) is 7.87. The third-order valence-electron chi connectivity index (χ3n) is 3.49. The Bertz CT molecular complexity index is 630. The molecule has 2 N–H and O–H groups in total. The summed E-state index contributed by atoms with van der Waals surface area (Å²) in [6.07, 6.45) is 1.30. The summed E-state index contributed by atoms with van der Waals surface area (Å²) in [7, 11) is 0. The second kappa shape index (κ2) is 7.31. The number of nitrogens with one attached hydrogen (secondary N) is 1. The van der Waals surface area contributed by atoms with Crippen LogP contribution in [0.5, 0.6) is 0 Å². The lowest BCUT2D eigenvalue weighted by molar-refractivity contribution is -0.139. The SMILES string of the molecule is CC[C@H](C)[C@H](Nc1nnc(Cc2ccc(F)cc2)s1)C(=O)O. The van der Waals surface area contributed by atoms with Gasteiger partial charge in [0.2, 0.25) is 5.13 Å². The van der Waals surface area contributed by atoms with Gasteiger partial charge in [-0.05, 0) is 23.6 Å². The van der Waals surface area contributed by atoms with E-state index in [4.69, 9.17) is 0 Å². The van der Waals surface area contributed by atoms with Crippen LogP contribution in [0.25, 0.3) is 0 Å². The van der Waals surface area contributed by atoms with E-state index in [2.05, 4.69) is 15.5 Å². The van der Waals surface area contributed by atoms with E-state index in [1.807, 2.05) is 13.8 Å².